The molecular weight excluding hydrogens is 376 g/mol. The first-order valence-electron chi connectivity index (χ1n) is 8.09. The predicted molar refractivity (Wildman–Crippen MR) is 105 cm³/mol. The van der Waals surface area contributed by atoms with E-state index in [4.69, 9.17) is 4.42 Å². The Hall–Kier alpha value is -2.38. The number of rotatable bonds is 2. The molecule has 0 saturated carbocycles. The Labute approximate surface area is 156 Å². The topological polar surface area (TPSA) is 49.8 Å². The third-order valence-corrected chi connectivity index (χ3v) is 4.86. The molecule has 0 N–H and O–H groups in total. The van der Waals surface area contributed by atoms with Crippen LogP contribution in [-0.2, 0) is 5.41 Å². The van der Waals surface area contributed by atoms with Gasteiger partial charge in [-0.15, -0.1) is 0 Å². The van der Waals surface area contributed by atoms with Gasteiger partial charge in [-0.2, -0.15) is 5.26 Å². The van der Waals surface area contributed by atoms with Crippen LogP contribution in [0.2, 0.25) is 0 Å². The number of hydrogen-bond donors (Lipinski definition) is 0. The Bertz CT molecular complexity index is 1000. The van der Waals surface area contributed by atoms with Gasteiger partial charge in [-0.3, -0.25) is 0 Å². The van der Waals surface area contributed by atoms with Crippen molar-refractivity contribution in [3.05, 3.63) is 62.9 Å². The molecule has 0 unspecified atom stereocenters. The molecule has 25 heavy (non-hydrogen) atoms. The van der Waals surface area contributed by atoms with Gasteiger partial charge in [0.05, 0.1) is 10.0 Å². The summed E-state index contributed by atoms with van der Waals surface area (Å²) in [7, 11) is 0. The minimum Gasteiger partial charge on any atom is -0.439 e. The molecule has 3 nitrogen and oxygen atoms in total. The van der Waals surface area contributed by atoms with Crippen LogP contribution in [0.5, 0.6) is 0 Å². The van der Waals surface area contributed by atoms with Crippen molar-refractivity contribution in [3.63, 3.8) is 0 Å². The Morgan fingerprint density at radius 3 is 2.44 bits per heavy atom. The summed E-state index contributed by atoms with van der Waals surface area (Å²) in [6.45, 7) is 8.07. The summed E-state index contributed by atoms with van der Waals surface area (Å²) >= 11 is 3.66. The molecular formula is C21H19BrN2O. The van der Waals surface area contributed by atoms with Crippen LogP contribution < -0.4 is 0 Å². The maximum absolute atomic E-state index is 9.66. The molecule has 2 aromatic carbocycles. The Morgan fingerprint density at radius 2 is 1.84 bits per heavy atom. The molecule has 126 valence electrons. The average Bonchev–Trinajstić information content (AvgIpc) is 3.02. The van der Waals surface area contributed by atoms with Crippen molar-refractivity contribution in [2.24, 2.45) is 0 Å². The van der Waals surface area contributed by atoms with E-state index in [0.29, 0.717) is 22.6 Å². The lowest BCUT2D eigenvalue weighted by Crippen LogP contribution is -2.11. The molecule has 0 aliphatic heterocycles. The summed E-state index contributed by atoms with van der Waals surface area (Å²) in [5.41, 5.74) is 4.50. The minimum absolute atomic E-state index is 0.223. The van der Waals surface area contributed by atoms with Gasteiger partial charge >= 0.3 is 0 Å². The van der Waals surface area contributed by atoms with Crippen LogP contribution in [0.4, 0.5) is 0 Å². The van der Waals surface area contributed by atoms with Crippen molar-refractivity contribution < 1.29 is 4.42 Å². The summed E-state index contributed by atoms with van der Waals surface area (Å²) in [6, 6.07) is 12.3. The van der Waals surface area contributed by atoms with Crippen molar-refractivity contribution in [1.82, 2.24) is 4.98 Å². The number of nitriles is 1. The number of oxazole rings is 1. The van der Waals surface area contributed by atoms with Gasteiger partial charge in [0.2, 0.25) is 5.89 Å². The third-order valence-electron chi connectivity index (χ3n) is 4.07. The number of aromatic nitrogens is 1. The zero-order chi connectivity index (χ0) is 18.2. The van der Waals surface area contributed by atoms with Crippen LogP contribution in [0.1, 0.15) is 48.9 Å². The van der Waals surface area contributed by atoms with Gasteiger partial charge in [-0.1, -0.05) is 63.3 Å². The van der Waals surface area contributed by atoms with Crippen LogP contribution in [0, 0.1) is 18.3 Å². The summed E-state index contributed by atoms with van der Waals surface area (Å²) in [5.74, 6) is 0.628. The lowest BCUT2D eigenvalue weighted by Gasteiger charge is -2.11. The van der Waals surface area contributed by atoms with Crippen LogP contribution in [0.25, 0.3) is 23.3 Å². The van der Waals surface area contributed by atoms with E-state index in [-0.39, 0.29) is 5.41 Å². The first-order valence-corrected chi connectivity index (χ1v) is 8.88. The van der Waals surface area contributed by atoms with E-state index < -0.39 is 0 Å². The Morgan fingerprint density at radius 1 is 1.16 bits per heavy atom. The number of fused-ring (bicyclic) bond motifs is 1. The quantitative estimate of drug-likeness (QED) is 0.483. The van der Waals surface area contributed by atoms with Crippen LogP contribution in [0.15, 0.2) is 39.2 Å². The zero-order valence-corrected chi connectivity index (χ0v) is 16.3. The summed E-state index contributed by atoms with van der Waals surface area (Å²) in [4.78, 5) is 4.59. The highest BCUT2D eigenvalue weighted by Gasteiger charge is 2.25. The lowest BCUT2D eigenvalue weighted by atomic mass is 9.97. The standard InChI is InChI=1S/C21H19BrN2O/c1-13-15(11-10-14-8-6-5-7-9-14)17(22)19-18(16(13)12-23)24-20(25-19)21(2,3)4/h5-11H,1-4H3/b11-10+. The van der Waals surface area contributed by atoms with E-state index >= 15 is 0 Å². The second kappa shape index (κ2) is 6.50. The zero-order valence-electron chi connectivity index (χ0n) is 14.7. The summed E-state index contributed by atoms with van der Waals surface area (Å²) in [5, 5.41) is 9.66. The molecule has 0 saturated heterocycles. The molecule has 3 aromatic rings. The molecule has 0 fully saturated rings. The van der Waals surface area contributed by atoms with Crippen LogP contribution in [-0.4, -0.2) is 4.98 Å². The summed E-state index contributed by atoms with van der Waals surface area (Å²) in [6.07, 6.45) is 4.04. The van der Waals surface area contributed by atoms with Crippen molar-refractivity contribution in [3.8, 4) is 6.07 Å². The fraction of sp³-hybridized carbons (Fsp3) is 0.238. The largest absolute Gasteiger partial charge is 0.439 e. The van der Waals surface area contributed by atoms with E-state index in [1.807, 2.05) is 70.2 Å². The highest BCUT2D eigenvalue weighted by Crippen LogP contribution is 2.37. The summed E-state index contributed by atoms with van der Waals surface area (Å²) < 4.78 is 6.84. The smallest absolute Gasteiger partial charge is 0.200 e. The molecule has 0 amide bonds. The molecule has 0 aliphatic rings. The molecule has 0 spiro atoms. The molecule has 4 heteroatoms. The van der Waals surface area contributed by atoms with E-state index in [9.17, 15) is 5.26 Å². The van der Waals surface area contributed by atoms with Crippen molar-refractivity contribution in [2.45, 2.75) is 33.1 Å². The highest BCUT2D eigenvalue weighted by atomic mass is 79.9. The molecule has 3 rings (SSSR count). The van der Waals surface area contributed by atoms with Gasteiger partial charge in [-0.25, -0.2) is 4.98 Å². The highest BCUT2D eigenvalue weighted by molar-refractivity contribution is 9.10. The van der Waals surface area contributed by atoms with E-state index in [1.165, 1.54) is 0 Å². The van der Waals surface area contributed by atoms with E-state index in [1.54, 1.807) is 0 Å². The molecule has 0 bridgehead atoms. The Kier molecular flexibility index (Phi) is 4.53. The van der Waals surface area contributed by atoms with Gasteiger partial charge in [0.1, 0.15) is 11.6 Å². The second-order valence-corrected chi connectivity index (χ2v) is 7.82. The lowest BCUT2D eigenvalue weighted by molar-refractivity contribution is 0.410. The second-order valence-electron chi connectivity index (χ2n) is 7.03. The molecule has 0 aliphatic carbocycles. The van der Waals surface area contributed by atoms with Crippen molar-refractivity contribution >= 4 is 39.2 Å². The van der Waals surface area contributed by atoms with Gasteiger partial charge in [0.25, 0.3) is 0 Å². The minimum atomic E-state index is -0.223. The molecule has 1 heterocycles. The van der Waals surface area contributed by atoms with Crippen LogP contribution >= 0.6 is 15.9 Å². The molecule has 0 atom stereocenters. The maximum atomic E-state index is 9.66. The van der Waals surface area contributed by atoms with E-state index in [0.717, 1.165) is 21.2 Å². The van der Waals surface area contributed by atoms with Crippen molar-refractivity contribution in [1.29, 1.82) is 5.26 Å². The normalized spacial score (nSPS) is 12.0. The van der Waals surface area contributed by atoms with Crippen LogP contribution in [0.3, 0.4) is 0 Å². The number of nitrogens with zero attached hydrogens (tertiary/aromatic N) is 2. The van der Waals surface area contributed by atoms with E-state index in [2.05, 4.69) is 27.0 Å². The van der Waals surface area contributed by atoms with Crippen molar-refractivity contribution in [2.75, 3.05) is 0 Å². The Balaban J connectivity index is 2.23. The fourth-order valence-corrected chi connectivity index (χ4v) is 3.34. The SMILES string of the molecule is Cc1c(/C=C/c2ccccc2)c(Br)c2oc(C(C)(C)C)nc2c1C#N. The third kappa shape index (κ3) is 3.25. The first-order chi connectivity index (χ1) is 11.8. The number of halogens is 1. The van der Waals surface area contributed by atoms with Gasteiger partial charge in [-0.05, 0) is 39.5 Å². The number of hydrogen-bond acceptors (Lipinski definition) is 3. The average molecular weight is 395 g/mol. The maximum Gasteiger partial charge on any atom is 0.200 e. The first kappa shape index (κ1) is 17.4. The monoisotopic (exact) mass is 394 g/mol. The predicted octanol–water partition coefficient (Wildman–Crippen LogP) is 6.24. The van der Waals surface area contributed by atoms with Gasteiger partial charge in [0.15, 0.2) is 5.58 Å². The van der Waals surface area contributed by atoms with Gasteiger partial charge < -0.3 is 4.42 Å². The molecule has 1 aromatic heterocycles. The fourth-order valence-electron chi connectivity index (χ4n) is 2.64. The van der Waals surface area contributed by atoms with Gasteiger partial charge in [0, 0.05) is 5.41 Å². The molecule has 0 radical (unpaired) electrons. The number of benzene rings is 2.